The predicted octanol–water partition coefficient (Wildman–Crippen LogP) is 2.57. The molecule has 5 nitrogen and oxygen atoms in total. The van der Waals surface area contributed by atoms with Crippen LogP contribution in [0.4, 0.5) is 0 Å². The largest absolute Gasteiger partial charge is 0.452 e. The third-order valence-electron chi connectivity index (χ3n) is 4.30. The summed E-state index contributed by atoms with van der Waals surface area (Å²) in [6, 6.07) is 2.19. The van der Waals surface area contributed by atoms with Gasteiger partial charge >= 0.3 is 0 Å². The third kappa shape index (κ3) is 3.52. The van der Waals surface area contributed by atoms with Gasteiger partial charge in [-0.05, 0) is 47.0 Å². The fraction of sp³-hybridized carbons (Fsp3) is 0.714. The Morgan fingerprint density at radius 3 is 2.71 bits per heavy atom. The molecule has 1 N–H and O–H groups in total. The zero-order valence-corrected chi connectivity index (χ0v) is 14.7. The Morgan fingerprint density at radius 2 is 2.14 bits per heavy atom. The topological polar surface area (TPSA) is 62.6 Å². The molecular weight excluding hydrogens is 356 g/mol. The van der Waals surface area contributed by atoms with Crippen molar-refractivity contribution < 1.29 is 12.8 Å². The van der Waals surface area contributed by atoms with Gasteiger partial charge in [0.05, 0.1) is 6.54 Å². The van der Waals surface area contributed by atoms with Crippen LogP contribution in [0, 0.1) is 11.8 Å². The minimum absolute atomic E-state index is 0.228. The molecule has 0 saturated heterocycles. The van der Waals surface area contributed by atoms with Crippen LogP contribution in [0.1, 0.15) is 31.9 Å². The lowest BCUT2D eigenvalue weighted by atomic mass is 10.3. The second-order valence-electron chi connectivity index (χ2n) is 6.26. The molecule has 0 aliphatic heterocycles. The van der Waals surface area contributed by atoms with Crippen LogP contribution in [-0.4, -0.2) is 32.4 Å². The zero-order chi connectivity index (χ0) is 15.2. The van der Waals surface area contributed by atoms with Gasteiger partial charge in [0.2, 0.25) is 10.0 Å². The van der Waals surface area contributed by atoms with E-state index >= 15 is 0 Å². The molecule has 3 rings (SSSR count). The summed E-state index contributed by atoms with van der Waals surface area (Å²) in [5.41, 5.74) is 0. The van der Waals surface area contributed by atoms with E-state index in [0.29, 0.717) is 41.4 Å². The number of hydrogen-bond acceptors (Lipinski definition) is 4. The standard InChI is InChI=1S/C14H21BrN2O3S/c1-9-5-10(9)8-17(2)21(18,19)13-6-12(20-14(13)15)7-16-11-3-4-11/h6,9-11,16H,3-5,7-8H2,1-2H3. The second kappa shape index (κ2) is 5.68. The Kier molecular flexibility index (Phi) is 4.20. The zero-order valence-electron chi connectivity index (χ0n) is 12.3. The first-order valence-corrected chi connectivity index (χ1v) is 9.59. The van der Waals surface area contributed by atoms with E-state index < -0.39 is 10.0 Å². The fourth-order valence-electron chi connectivity index (χ4n) is 2.44. The van der Waals surface area contributed by atoms with Gasteiger partial charge in [-0.25, -0.2) is 12.7 Å². The first kappa shape index (κ1) is 15.5. The number of halogens is 1. The van der Waals surface area contributed by atoms with Crippen LogP contribution >= 0.6 is 15.9 Å². The molecule has 2 saturated carbocycles. The van der Waals surface area contributed by atoms with Crippen molar-refractivity contribution in [2.45, 2.75) is 43.7 Å². The summed E-state index contributed by atoms with van der Waals surface area (Å²) < 4.78 is 32.5. The second-order valence-corrected chi connectivity index (χ2v) is 9.00. The summed E-state index contributed by atoms with van der Waals surface area (Å²) in [5.74, 6) is 1.78. The Labute approximate surface area is 134 Å². The fourth-order valence-corrected chi connectivity index (χ4v) is 4.63. The Hall–Kier alpha value is -0.370. The van der Waals surface area contributed by atoms with Crippen LogP contribution in [0.3, 0.4) is 0 Å². The van der Waals surface area contributed by atoms with Gasteiger partial charge in [0.15, 0.2) is 4.67 Å². The number of nitrogens with one attached hydrogen (secondary N) is 1. The van der Waals surface area contributed by atoms with Gasteiger partial charge in [-0.15, -0.1) is 0 Å². The summed E-state index contributed by atoms with van der Waals surface area (Å²) in [4.78, 5) is 0.228. The number of furan rings is 1. The van der Waals surface area contributed by atoms with E-state index in [1.54, 1.807) is 13.1 Å². The molecule has 1 aromatic heterocycles. The van der Waals surface area contributed by atoms with Gasteiger partial charge in [0.25, 0.3) is 0 Å². The number of hydrogen-bond donors (Lipinski definition) is 1. The highest BCUT2D eigenvalue weighted by Crippen LogP contribution is 2.39. The van der Waals surface area contributed by atoms with Crippen LogP contribution in [-0.2, 0) is 16.6 Å². The smallest absolute Gasteiger partial charge is 0.247 e. The Balaban J connectivity index is 1.70. The number of sulfonamides is 1. The van der Waals surface area contributed by atoms with Crippen molar-refractivity contribution in [2.75, 3.05) is 13.6 Å². The van der Waals surface area contributed by atoms with E-state index in [9.17, 15) is 8.42 Å². The van der Waals surface area contributed by atoms with Crippen molar-refractivity contribution in [1.29, 1.82) is 0 Å². The molecule has 0 amide bonds. The van der Waals surface area contributed by atoms with Crippen LogP contribution in [0.25, 0.3) is 0 Å². The molecule has 0 radical (unpaired) electrons. The Bertz CT molecular complexity index is 624. The van der Waals surface area contributed by atoms with E-state index in [4.69, 9.17) is 4.42 Å². The minimum atomic E-state index is -3.49. The average molecular weight is 377 g/mol. The average Bonchev–Trinajstić information content (AvgIpc) is 3.31. The highest BCUT2D eigenvalue weighted by molar-refractivity contribution is 9.10. The van der Waals surface area contributed by atoms with Gasteiger partial charge in [-0.1, -0.05) is 6.92 Å². The molecule has 2 atom stereocenters. The monoisotopic (exact) mass is 376 g/mol. The predicted molar refractivity (Wildman–Crippen MR) is 83.4 cm³/mol. The molecule has 2 aliphatic rings. The van der Waals surface area contributed by atoms with E-state index in [1.807, 2.05) is 0 Å². The normalized spacial score (nSPS) is 25.5. The molecule has 1 aromatic rings. The van der Waals surface area contributed by atoms with E-state index in [2.05, 4.69) is 28.2 Å². The van der Waals surface area contributed by atoms with Gasteiger partial charge in [-0.3, -0.25) is 0 Å². The van der Waals surface area contributed by atoms with Crippen molar-refractivity contribution in [1.82, 2.24) is 9.62 Å². The summed E-state index contributed by atoms with van der Waals surface area (Å²) in [6.07, 6.45) is 3.49. The molecule has 0 bridgehead atoms. The molecule has 0 aromatic carbocycles. The van der Waals surface area contributed by atoms with Crippen LogP contribution in [0.5, 0.6) is 0 Å². The molecule has 2 fully saturated rings. The van der Waals surface area contributed by atoms with Crippen molar-refractivity contribution in [2.24, 2.45) is 11.8 Å². The lowest BCUT2D eigenvalue weighted by Gasteiger charge is -2.15. The summed E-state index contributed by atoms with van der Waals surface area (Å²) >= 11 is 3.24. The lowest BCUT2D eigenvalue weighted by Crippen LogP contribution is -2.29. The first-order valence-electron chi connectivity index (χ1n) is 7.36. The lowest BCUT2D eigenvalue weighted by molar-refractivity contribution is 0.438. The van der Waals surface area contributed by atoms with Crippen LogP contribution in [0.2, 0.25) is 0 Å². The maximum atomic E-state index is 12.6. The van der Waals surface area contributed by atoms with Gasteiger partial charge in [0, 0.05) is 25.7 Å². The van der Waals surface area contributed by atoms with Gasteiger partial charge in [-0.2, -0.15) is 0 Å². The first-order chi connectivity index (χ1) is 9.88. The van der Waals surface area contributed by atoms with Gasteiger partial charge in [0.1, 0.15) is 10.7 Å². The molecule has 21 heavy (non-hydrogen) atoms. The van der Waals surface area contributed by atoms with E-state index in [1.165, 1.54) is 17.1 Å². The highest BCUT2D eigenvalue weighted by atomic mass is 79.9. The minimum Gasteiger partial charge on any atom is -0.452 e. The third-order valence-corrected chi connectivity index (χ3v) is 6.99. The Morgan fingerprint density at radius 1 is 1.48 bits per heavy atom. The molecule has 0 spiro atoms. The van der Waals surface area contributed by atoms with Crippen LogP contribution < -0.4 is 5.32 Å². The maximum absolute atomic E-state index is 12.6. The molecule has 2 unspecified atom stereocenters. The van der Waals surface area contributed by atoms with Crippen molar-refractivity contribution in [3.05, 3.63) is 16.5 Å². The highest BCUT2D eigenvalue weighted by Gasteiger charge is 2.37. The van der Waals surface area contributed by atoms with Crippen molar-refractivity contribution >= 4 is 26.0 Å². The number of rotatable bonds is 7. The van der Waals surface area contributed by atoms with Gasteiger partial charge < -0.3 is 9.73 Å². The summed E-state index contributed by atoms with van der Waals surface area (Å²) in [5, 5.41) is 3.32. The van der Waals surface area contributed by atoms with Crippen LogP contribution in [0.15, 0.2) is 20.0 Å². The molecule has 7 heteroatoms. The SMILES string of the molecule is CC1CC1CN(C)S(=O)(=O)c1cc(CNC2CC2)oc1Br. The molecular formula is C14H21BrN2O3S. The molecule has 118 valence electrons. The number of nitrogens with zero attached hydrogens (tertiary/aromatic N) is 1. The van der Waals surface area contributed by atoms with Crippen molar-refractivity contribution in [3.8, 4) is 0 Å². The summed E-state index contributed by atoms with van der Waals surface area (Å²) in [6.45, 7) is 3.31. The van der Waals surface area contributed by atoms with Crippen molar-refractivity contribution in [3.63, 3.8) is 0 Å². The summed E-state index contributed by atoms with van der Waals surface area (Å²) in [7, 11) is -1.84. The maximum Gasteiger partial charge on any atom is 0.247 e. The molecule has 2 aliphatic carbocycles. The van der Waals surface area contributed by atoms with E-state index in [0.717, 1.165) is 6.42 Å². The quantitative estimate of drug-likeness (QED) is 0.794. The van der Waals surface area contributed by atoms with E-state index in [-0.39, 0.29) is 4.90 Å². The molecule has 1 heterocycles.